The van der Waals surface area contributed by atoms with Gasteiger partial charge in [0.2, 0.25) is 0 Å². The average molecular weight is 323 g/mol. The van der Waals surface area contributed by atoms with Crippen molar-refractivity contribution in [2.75, 3.05) is 19.8 Å². The van der Waals surface area contributed by atoms with Crippen molar-refractivity contribution in [2.45, 2.75) is 31.1 Å². The molecule has 0 atom stereocenters. The number of aromatic nitrogens is 1. The number of unbranched alkanes of at least 4 members (excludes halogenated alkanes) is 1. The van der Waals surface area contributed by atoms with Crippen LogP contribution in [0.2, 0.25) is 0 Å². The lowest BCUT2D eigenvalue weighted by atomic mass is 10.3. The highest BCUT2D eigenvalue weighted by molar-refractivity contribution is 8.13. The molecule has 0 radical (unpaired) electrons. The van der Waals surface area contributed by atoms with Crippen molar-refractivity contribution in [2.24, 2.45) is 0 Å². The fraction of sp³-hybridized carbons (Fsp3) is 0.583. The Labute approximate surface area is 123 Å². The van der Waals surface area contributed by atoms with Gasteiger partial charge < -0.3 is 15.0 Å². The summed E-state index contributed by atoms with van der Waals surface area (Å²) in [5.74, 6) is -0.370. The first kappa shape index (κ1) is 17.0. The number of hydrogen-bond donors (Lipinski definition) is 2. The van der Waals surface area contributed by atoms with Gasteiger partial charge in [-0.3, -0.25) is 4.79 Å². The second kappa shape index (κ2) is 8.28. The van der Waals surface area contributed by atoms with Gasteiger partial charge in [-0.05, 0) is 18.9 Å². The highest BCUT2D eigenvalue weighted by Gasteiger charge is 2.15. The van der Waals surface area contributed by atoms with Gasteiger partial charge in [0.05, 0.1) is 0 Å². The summed E-state index contributed by atoms with van der Waals surface area (Å²) in [5.41, 5.74) is 0.163. The molecule has 0 bridgehead atoms. The summed E-state index contributed by atoms with van der Waals surface area (Å²) in [6, 6.07) is 1.20. The van der Waals surface area contributed by atoms with Crippen LogP contribution in [0.15, 0.2) is 17.2 Å². The van der Waals surface area contributed by atoms with Gasteiger partial charge in [-0.1, -0.05) is 13.3 Å². The van der Waals surface area contributed by atoms with Crippen molar-refractivity contribution in [1.29, 1.82) is 0 Å². The number of carbonyl (C=O) groups is 1. The van der Waals surface area contributed by atoms with Crippen LogP contribution in [0.4, 0.5) is 0 Å². The largest absolute Gasteiger partial charge is 0.381 e. The monoisotopic (exact) mass is 322 g/mol. The number of aromatic amines is 1. The zero-order chi connectivity index (χ0) is 15.0. The van der Waals surface area contributed by atoms with Gasteiger partial charge >= 0.3 is 0 Å². The van der Waals surface area contributed by atoms with Crippen LogP contribution in [0.25, 0.3) is 0 Å². The van der Waals surface area contributed by atoms with Crippen molar-refractivity contribution in [3.63, 3.8) is 0 Å². The standard InChI is InChI=1S/C12H19ClN2O4S/c1-2-3-6-19-7-4-5-14-12(16)11-8-10(9-15-11)20(13,17)18/h8-9,15H,2-7H2,1H3,(H,14,16). The molecule has 1 heterocycles. The molecule has 20 heavy (non-hydrogen) atoms. The summed E-state index contributed by atoms with van der Waals surface area (Å²) in [5, 5.41) is 2.67. The maximum absolute atomic E-state index is 11.7. The van der Waals surface area contributed by atoms with E-state index in [2.05, 4.69) is 17.2 Å². The quantitative estimate of drug-likeness (QED) is 0.536. The Morgan fingerprint density at radius 2 is 2.10 bits per heavy atom. The molecule has 114 valence electrons. The molecule has 1 amide bonds. The van der Waals surface area contributed by atoms with Gasteiger partial charge in [0.1, 0.15) is 10.6 Å². The van der Waals surface area contributed by atoms with E-state index >= 15 is 0 Å². The summed E-state index contributed by atoms with van der Waals surface area (Å²) in [4.78, 5) is 14.2. The van der Waals surface area contributed by atoms with Crippen molar-refractivity contribution < 1.29 is 17.9 Å². The molecule has 0 saturated heterocycles. The first-order chi connectivity index (χ1) is 9.45. The minimum Gasteiger partial charge on any atom is -0.381 e. The molecule has 0 aromatic carbocycles. The number of amides is 1. The minimum atomic E-state index is -3.81. The number of H-pyrrole nitrogens is 1. The molecule has 6 nitrogen and oxygen atoms in total. The van der Waals surface area contributed by atoms with Crippen LogP contribution < -0.4 is 5.32 Å². The molecule has 2 N–H and O–H groups in total. The summed E-state index contributed by atoms with van der Waals surface area (Å²) >= 11 is 0. The molecule has 0 aliphatic heterocycles. The van der Waals surface area contributed by atoms with Crippen LogP contribution in [0.5, 0.6) is 0 Å². The van der Waals surface area contributed by atoms with Crippen molar-refractivity contribution in [3.8, 4) is 0 Å². The molecule has 0 unspecified atom stereocenters. The zero-order valence-corrected chi connectivity index (χ0v) is 12.9. The second-order valence-corrected chi connectivity index (χ2v) is 6.83. The first-order valence-corrected chi connectivity index (χ1v) is 8.75. The van der Waals surface area contributed by atoms with Gasteiger partial charge in [0, 0.05) is 36.6 Å². The smallest absolute Gasteiger partial charge is 0.267 e. The molecule has 0 saturated carbocycles. The fourth-order valence-electron chi connectivity index (χ4n) is 1.47. The van der Waals surface area contributed by atoms with Crippen LogP contribution in [0.1, 0.15) is 36.7 Å². The van der Waals surface area contributed by atoms with E-state index in [-0.39, 0.29) is 16.5 Å². The third-order valence-electron chi connectivity index (χ3n) is 2.58. The van der Waals surface area contributed by atoms with Crippen molar-refractivity contribution in [1.82, 2.24) is 10.3 Å². The van der Waals surface area contributed by atoms with Crippen LogP contribution in [-0.4, -0.2) is 39.1 Å². The van der Waals surface area contributed by atoms with Crippen LogP contribution >= 0.6 is 10.7 Å². The lowest BCUT2D eigenvalue weighted by molar-refractivity contribution is 0.0936. The summed E-state index contributed by atoms with van der Waals surface area (Å²) in [6.45, 7) is 3.88. The second-order valence-electron chi connectivity index (χ2n) is 4.26. The predicted molar refractivity (Wildman–Crippen MR) is 76.5 cm³/mol. The Kier molecular flexibility index (Phi) is 7.04. The number of halogens is 1. The van der Waals surface area contributed by atoms with E-state index in [1.165, 1.54) is 12.3 Å². The molecular weight excluding hydrogens is 304 g/mol. The summed E-state index contributed by atoms with van der Waals surface area (Å²) in [6.07, 6.45) is 4.02. The summed E-state index contributed by atoms with van der Waals surface area (Å²) in [7, 11) is 1.36. The Morgan fingerprint density at radius 1 is 1.40 bits per heavy atom. The van der Waals surface area contributed by atoms with E-state index < -0.39 is 9.05 Å². The predicted octanol–water partition coefficient (Wildman–Crippen LogP) is 1.88. The molecule has 0 fully saturated rings. The Bertz CT molecular complexity index is 527. The van der Waals surface area contributed by atoms with Gasteiger partial charge in [-0.2, -0.15) is 0 Å². The minimum absolute atomic E-state index is 0.118. The lowest BCUT2D eigenvalue weighted by Gasteiger charge is -2.04. The fourth-order valence-corrected chi connectivity index (χ4v) is 2.19. The van der Waals surface area contributed by atoms with Crippen molar-refractivity contribution >= 4 is 25.6 Å². The number of ether oxygens (including phenoxy) is 1. The van der Waals surface area contributed by atoms with E-state index in [0.717, 1.165) is 19.4 Å². The Balaban J connectivity index is 2.28. The van der Waals surface area contributed by atoms with Crippen LogP contribution in [0.3, 0.4) is 0 Å². The molecule has 0 aliphatic rings. The van der Waals surface area contributed by atoms with Gasteiger partial charge in [-0.15, -0.1) is 0 Å². The molecule has 0 spiro atoms. The Morgan fingerprint density at radius 3 is 2.70 bits per heavy atom. The topological polar surface area (TPSA) is 88.3 Å². The van der Waals surface area contributed by atoms with E-state index in [4.69, 9.17) is 15.4 Å². The molecular formula is C12H19ClN2O4S. The van der Waals surface area contributed by atoms with Gasteiger partial charge in [0.25, 0.3) is 15.0 Å². The van der Waals surface area contributed by atoms with E-state index in [9.17, 15) is 13.2 Å². The lowest BCUT2D eigenvalue weighted by Crippen LogP contribution is -2.25. The summed E-state index contributed by atoms with van der Waals surface area (Å²) < 4.78 is 27.5. The highest BCUT2D eigenvalue weighted by Crippen LogP contribution is 2.15. The SMILES string of the molecule is CCCCOCCCNC(=O)c1cc(S(=O)(=O)Cl)c[nH]1. The third kappa shape index (κ3) is 5.94. The highest BCUT2D eigenvalue weighted by atomic mass is 35.7. The number of nitrogens with one attached hydrogen (secondary N) is 2. The molecule has 0 aliphatic carbocycles. The average Bonchev–Trinajstić information content (AvgIpc) is 2.87. The van der Waals surface area contributed by atoms with E-state index in [0.29, 0.717) is 19.6 Å². The number of hydrogen-bond acceptors (Lipinski definition) is 4. The maximum Gasteiger partial charge on any atom is 0.267 e. The molecule has 8 heteroatoms. The van der Waals surface area contributed by atoms with Gasteiger partial charge in [-0.25, -0.2) is 8.42 Å². The normalized spacial score (nSPS) is 11.5. The molecule has 1 aromatic rings. The number of carbonyl (C=O) groups excluding carboxylic acids is 1. The first-order valence-electron chi connectivity index (χ1n) is 6.44. The molecule has 1 aromatic heterocycles. The van der Waals surface area contributed by atoms with Crippen molar-refractivity contribution in [3.05, 3.63) is 18.0 Å². The maximum atomic E-state index is 11.7. The zero-order valence-electron chi connectivity index (χ0n) is 11.3. The van der Waals surface area contributed by atoms with Crippen LogP contribution in [-0.2, 0) is 13.8 Å². The third-order valence-corrected chi connectivity index (χ3v) is 3.91. The van der Waals surface area contributed by atoms with E-state index in [1.54, 1.807) is 0 Å². The van der Waals surface area contributed by atoms with E-state index in [1.807, 2.05) is 0 Å². The Hall–Kier alpha value is -1.05. The number of rotatable bonds is 9. The van der Waals surface area contributed by atoms with Gasteiger partial charge in [0.15, 0.2) is 0 Å². The van der Waals surface area contributed by atoms with Crippen LogP contribution in [0, 0.1) is 0 Å². The molecule has 1 rings (SSSR count).